The maximum absolute atomic E-state index is 11.8. The zero-order chi connectivity index (χ0) is 10.8. The highest BCUT2D eigenvalue weighted by atomic mass is 32.3. The third-order valence-electron chi connectivity index (χ3n) is 1.50. The number of hydrogen-bond donors (Lipinski definition) is 1. The van der Waals surface area contributed by atoms with E-state index in [1.807, 2.05) is 0 Å². The molecular weight excluding hydrogens is 224 g/mol. The smallest absolute Gasteiger partial charge is 0.205 e. The fourth-order valence-electron chi connectivity index (χ4n) is 1.00. The van der Waals surface area contributed by atoms with E-state index in [1.54, 1.807) is 30.3 Å². The Balaban J connectivity index is 3.04. The first-order chi connectivity index (χ1) is 6.31. The van der Waals surface area contributed by atoms with Gasteiger partial charge in [-0.2, -0.15) is 22.3 Å². The Morgan fingerprint density at radius 2 is 1.71 bits per heavy atom. The van der Waals surface area contributed by atoms with Crippen molar-refractivity contribution in [3.63, 3.8) is 0 Å². The van der Waals surface area contributed by atoms with Crippen molar-refractivity contribution in [3.8, 4) is 0 Å². The van der Waals surface area contributed by atoms with E-state index < -0.39 is 20.3 Å². The Morgan fingerprint density at radius 1 is 1.21 bits per heavy atom. The molecule has 0 atom stereocenters. The van der Waals surface area contributed by atoms with Gasteiger partial charge in [0, 0.05) is 6.26 Å². The van der Waals surface area contributed by atoms with Gasteiger partial charge in [0.1, 0.15) is 0 Å². The van der Waals surface area contributed by atoms with Crippen LogP contribution in [0, 0.1) is 0 Å². The topological polar surface area (TPSA) is 60.4 Å². The van der Waals surface area contributed by atoms with Gasteiger partial charge in [0.25, 0.3) is 10.1 Å². The van der Waals surface area contributed by atoms with Crippen LogP contribution in [0.4, 0.5) is 0 Å². The highest BCUT2D eigenvalue weighted by molar-refractivity contribution is 8.06. The van der Waals surface area contributed by atoms with Crippen molar-refractivity contribution in [2.75, 3.05) is 12.5 Å². The number of benzene rings is 1. The first-order valence-corrected chi connectivity index (χ1v) is 7.74. The second kappa shape index (κ2) is 3.80. The van der Waals surface area contributed by atoms with Crippen LogP contribution in [0.2, 0.25) is 0 Å². The number of rotatable bonds is 3. The van der Waals surface area contributed by atoms with E-state index in [2.05, 4.69) is 3.63 Å². The molecule has 0 heterocycles. The molecule has 0 saturated heterocycles. The third-order valence-corrected chi connectivity index (χ3v) is 4.96. The van der Waals surface area contributed by atoms with Gasteiger partial charge in [-0.05, 0) is 12.1 Å². The molecule has 0 amide bonds. The summed E-state index contributed by atoms with van der Waals surface area (Å²) in [6.45, 7) is 0. The molecule has 4 nitrogen and oxygen atoms in total. The molecular formula is C8H12O4S2. The lowest BCUT2D eigenvalue weighted by atomic mass is 10.4. The fourth-order valence-corrected chi connectivity index (χ4v) is 4.13. The Bertz CT molecular complexity index is 449. The summed E-state index contributed by atoms with van der Waals surface area (Å²) in [5.41, 5.74) is 0. The average molecular weight is 236 g/mol. The van der Waals surface area contributed by atoms with E-state index in [0.29, 0.717) is 4.90 Å². The highest BCUT2D eigenvalue weighted by Gasteiger charge is 2.13. The number of hydrogen-bond acceptors (Lipinski definition) is 4. The molecule has 0 bridgehead atoms. The Kier molecular flexibility index (Phi) is 3.08. The molecule has 0 spiro atoms. The highest BCUT2D eigenvalue weighted by Crippen LogP contribution is 2.18. The molecule has 0 unspecified atom stereocenters. The molecule has 0 aliphatic rings. The second-order valence-electron chi connectivity index (χ2n) is 2.96. The summed E-state index contributed by atoms with van der Waals surface area (Å²) >= 11 is 0. The molecule has 0 fully saturated rings. The van der Waals surface area contributed by atoms with Crippen molar-refractivity contribution in [3.05, 3.63) is 30.3 Å². The minimum Gasteiger partial charge on any atom is -0.205 e. The maximum atomic E-state index is 11.8. The van der Waals surface area contributed by atoms with Crippen LogP contribution >= 0.6 is 0 Å². The van der Waals surface area contributed by atoms with Crippen molar-refractivity contribution >= 4 is 20.3 Å². The summed E-state index contributed by atoms with van der Waals surface area (Å²) < 4.78 is 38.0. The van der Waals surface area contributed by atoms with Crippen LogP contribution in [0.1, 0.15) is 0 Å². The molecule has 14 heavy (non-hydrogen) atoms. The molecule has 0 N–H and O–H groups in total. The molecule has 0 radical (unpaired) electrons. The van der Waals surface area contributed by atoms with Crippen molar-refractivity contribution in [1.29, 1.82) is 0 Å². The summed E-state index contributed by atoms with van der Waals surface area (Å²) in [4.78, 5) is 0.394. The quantitative estimate of drug-likeness (QED) is 0.780. The summed E-state index contributed by atoms with van der Waals surface area (Å²) in [6.07, 6.45) is 2.16. The summed E-state index contributed by atoms with van der Waals surface area (Å²) in [6, 6.07) is 8.26. The van der Waals surface area contributed by atoms with Crippen LogP contribution in [-0.2, 0) is 24.0 Å². The molecule has 0 aliphatic heterocycles. The van der Waals surface area contributed by atoms with Gasteiger partial charge in [-0.25, -0.2) is 4.21 Å². The van der Waals surface area contributed by atoms with Gasteiger partial charge in [-0.1, -0.05) is 18.2 Å². The normalized spacial score (nSPS) is 13.9. The van der Waals surface area contributed by atoms with Crippen molar-refractivity contribution in [2.45, 2.75) is 4.90 Å². The van der Waals surface area contributed by atoms with Crippen molar-refractivity contribution < 1.29 is 16.3 Å². The molecule has 0 aromatic heterocycles. The average Bonchev–Trinajstić information content (AvgIpc) is 2.01. The second-order valence-corrected chi connectivity index (χ2v) is 7.17. The van der Waals surface area contributed by atoms with Crippen molar-refractivity contribution in [1.82, 2.24) is 0 Å². The van der Waals surface area contributed by atoms with Gasteiger partial charge < -0.3 is 0 Å². The zero-order valence-corrected chi connectivity index (χ0v) is 9.59. The standard InChI is InChI=1S/C8H12O4S2/c1-13(9,12-14(2,10)11)8-6-4-3-5-7-8/h3-7,13H,1-2H3. The van der Waals surface area contributed by atoms with E-state index in [0.717, 1.165) is 6.26 Å². The van der Waals surface area contributed by atoms with Gasteiger partial charge in [-0.3, -0.25) is 0 Å². The van der Waals surface area contributed by atoms with E-state index in [9.17, 15) is 12.6 Å². The fraction of sp³-hybridized carbons (Fsp3) is 0.250. The monoisotopic (exact) mass is 236 g/mol. The minimum absolute atomic E-state index is 0.394. The lowest BCUT2D eigenvalue weighted by Gasteiger charge is -2.22. The lowest BCUT2D eigenvalue weighted by Crippen LogP contribution is -2.18. The molecule has 1 rings (SSSR count). The van der Waals surface area contributed by atoms with Crippen LogP contribution in [0.15, 0.2) is 35.2 Å². The van der Waals surface area contributed by atoms with Crippen molar-refractivity contribution in [2.24, 2.45) is 0 Å². The predicted molar refractivity (Wildman–Crippen MR) is 56.1 cm³/mol. The minimum atomic E-state index is -3.69. The van der Waals surface area contributed by atoms with E-state index >= 15 is 0 Å². The van der Waals surface area contributed by atoms with Crippen LogP contribution < -0.4 is 0 Å². The van der Waals surface area contributed by atoms with Gasteiger partial charge in [0.05, 0.1) is 11.2 Å². The Hall–Kier alpha value is -0.720. The van der Waals surface area contributed by atoms with Crippen LogP contribution in [0.25, 0.3) is 0 Å². The van der Waals surface area contributed by atoms with Gasteiger partial charge >= 0.3 is 0 Å². The van der Waals surface area contributed by atoms with E-state index in [4.69, 9.17) is 0 Å². The molecule has 1 aromatic carbocycles. The molecule has 0 aliphatic carbocycles. The molecule has 0 saturated carbocycles. The van der Waals surface area contributed by atoms with Crippen LogP contribution in [-0.4, -0.2) is 25.1 Å². The SMILES string of the molecule is CS(=O)(=O)O[SH](C)(=O)c1ccccc1. The summed E-state index contributed by atoms with van der Waals surface area (Å²) in [5, 5.41) is 0. The van der Waals surface area contributed by atoms with Gasteiger partial charge in [0.15, 0.2) is 0 Å². The van der Waals surface area contributed by atoms with Crippen LogP contribution in [0.5, 0.6) is 0 Å². The zero-order valence-electron chi connectivity index (χ0n) is 7.88. The Labute approximate surface area is 84.7 Å². The molecule has 6 heteroatoms. The predicted octanol–water partition coefficient (Wildman–Crippen LogP) is 0.583. The largest absolute Gasteiger partial charge is 0.282 e. The van der Waals surface area contributed by atoms with Crippen LogP contribution in [0.3, 0.4) is 0 Å². The lowest BCUT2D eigenvalue weighted by molar-refractivity contribution is 0.497. The first-order valence-electron chi connectivity index (χ1n) is 3.85. The Morgan fingerprint density at radius 3 is 2.14 bits per heavy atom. The third kappa shape index (κ3) is 3.21. The molecule has 1 aromatic rings. The van der Waals surface area contributed by atoms with Gasteiger partial charge in [-0.15, -0.1) is 0 Å². The van der Waals surface area contributed by atoms with E-state index in [-0.39, 0.29) is 0 Å². The first kappa shape index (κ1) is 11.4. The van der Waals surface area contributed by atoms with Gasteiger partial charge in [0.2, 0.25) is 0 Å². The van der Waals surface area contributed by atoms with E-state index in [1.165, 1.54) is 6.26 Å². The molecule has 80 valence electrons. The summed E-state index contributed by atoms with van der Waals surface area (Å²) in [7, 11) is -6.95. The summed E-state index contributed by atoms with van der Waals surface area (Å²) in [5.74, 6) is 0. The number of thiol groups is 1. The maximum Gasteiger partial charge on any atom is 0.282 e.